The van der Waals surface area contributed by atoms with Crippen molar-refractivity contribution in [3.63, 3.8) is 0 Å². The summed E-state index contributed by atoms with van der Waals surface area (Å²) in [5, 5.41) is 3.36. The van der Waals surface area contributed by atoms with Crippen LogP contribution < -0.4 is 23.8 Å². The minimum Gasteiger partial charge on any atom is -0.495 e. The topological polar surface area (TPSA) is 114 Å². The molecule has 0 spiro atoms. The maximum Gasteiger partial charge on any atom is 0.265 e. The summed E-state index contributed by atoms with van der Waals surface area (Å²) in [7, 11) is -0.174. The summed E-state index contributed by atoms with van der Waals surface area (Å²) in [6.45, 7) is 1.31. The van der Waals surface area contributed by atoms with Gasteiger partial charge >= 0.3 is 0 Å². The van der Waals surface area contributed by atoms with Crippen LogP contribution in [0.5, 0.6) is 17.2 Å². The second kappa shape index (κ2) is 15.4. The smallest absolute Gasteiger partial charge is 0.265 e. The van der Waals surface area contributed by atoms with E-state index in [0.717, 1.165) is 35.6 Å². The fraction of sp³-hybridized carbons (Fsp3) is 0.394. The number of hydrogen-bond donors (Lipinski definition) is 1. The van der Waals surface area contributed by atoms with Gasteiger partial charge in [-0.15, -0.1) is 0 Å². The maximum absolute atomic E-state index is 14.4. The van der Waals surface area contributed by atoms with Gasteiger partial charge in [-0.05, 0) is 55.2 Å². The van der Waals surface area contributed by atoms with Crippen molar-refractivity contribution in [2.24, 2.45) is 0 Å². The second-order valence-electron chi connectivity index (χ2n) is 10.8. The van der Waals surface area contributed by atoms with Gasteiger partial charge in [0.05, 0.1) is 31.9 Å². The summed E-state index contributed by atoms with van der Waals surface area (Å²) >= 11 is 6.34. The molecule has 0 unspecified atom stereocenters. The standard InChI is InChI=1S/C33H40ClN3O7S/c1-5-27(33(39)35-25-13-9-10-14-25)36(21-23-11-7-6-8-12-23)32(38)22-37(28-19-24(34)15-17-29(28)42-2)45(40,41)26-16-18-30(43-3)31(20-26)44-4/h6-8,11-12,15-20,25,27H,5,9-10,13-14,21-22H2,1-4H3,(H,35,39)/t27-/m0/s1. The molecule has 45 heavy (non-hydrogen) atoms. The van der Waals surface area contributed by atoms with Crippen molar-refractivity contribution in [3.8, 4) is 17.2 Å². The molecular weight excluding hydrogens is 618 g/mol. The number of rotatable bonds is 14. The van der Waals surface area contributed by atoms with Gasteiger partial charge in [-0.25, -0.2) is 8.42 Å². The first-order valence-electron chi connectivity index (χ1n) is 14.8. The Labute approximate surface area is 270 Å². The Morgan fingerprint density at radius 3 is 2.18 bits per heavy atom. The molecule has 0 heterocycles. The van der Waals surface area contributed by atoms with Crippen molar-refractivity contribution in [3.05, 3.63) is 77.3 Å². The molecule has 0 radical (unpaired) electrons. The van der Waals surface area contributed by atoms with E-state index >= 15 is 0 Å². The number of benzene rings is 3. The van der Waals surface area contributed by atoms with Crippen LogP contribution in [-0.2, 0) is 26.2 Å². The normalized spacial score (nSPS) is 14.0. The van der Waals surface area contributed by atoms with Crippen LogP contribution in [0.4, 0.5) is 5.69 Å². The number of halogens is 1. The fourth-order valence-corrected chi connectivity index (χ4v) is 7.14. The Morgan fingerprint density at radius 1 is 0.911 bits per heavy atom. The quantitative estimate of drug-likeness (QED) is 0.246. The van der Waals surface area contributed by atoms with E-state index in [1.54, 1.807) is 6.07 Å². The van der Waals surface area contributed by atoms with Crippen molar-refractivity contribution in [2.75, 3.05) is 32.2 Å². The highest BCUT2D eigenvalue weighted by atomic mass is 35.5. The number of anilines is 1. The lowest BCUT2D eigenvalue weighted by Gasteiger charge is -2.34. The van der Waals surface area contributed by atoms with E-state index in [4.69, 9.17) is 25.8 Å². The molecule has 1 atom stereocenters. The van der Waals surface area contributed by atoms with Crippen LogP contribution in [0.2, 0.25) is 5.02 Å². The molecule has 0 saturated heterocycles. The molecule has 1 N–H and O–H groups in total. The van der Waals surface area contributed by atoms with Gasteiger partial charge in [0.25, 0.3) is 10.0 Å². The summed E-state index contributed by atoms with van der Waals surface area (Å²) in [6.07, 6.45) is 4.19. The highest BCUT2D eigenvalue weighted by Crippen LogP contribution is 2.37. The lowest BCUT2D eigenvalue weighted by Crippen LogP contribution is -2.53. The summed E-state index contributed by atoms with van der Waals surface area (Å²) in [5.41, 5.74) is 0.865. The predicted molar refractivity (Wildman–Crippen MR) is 174 cm³/mol. The number of amides is 2. The van der Waals surface area contributed by atoms with Crippen molar-refractivity contribution >= 4 is 39.1 Å². The molecule has 0 bridgehead atoms. The van der Waals surface area contributed by atoms with E-state index in [0.29, 0.717) is 12.2 Å². The number of nitrogens with zero attached hydrogens (tertiary/aromatic N) is 2. The average Bonchev–Trinajstić information content (AvgIpc) is 3.56. The van der Waals surface area contributed by atoms with Gasteiger partial charge in [0.1, 0.15) is 18.3 Å². The molecule has 2 amide bonds. The van der Waals surface area contributed by atoms with Crippen LogP contribution in [0.15, 0.2) is 71.6 Å². The first-order valence-corrected chi connectivity index (χ1v) is 16.7. The Bertz CT molecular complexity index is 1580. The first-order chi connectivity index (χ1) is 21.6. The zero-order chi connectivity index (χ0) is 32.6. The van der Waals surface area contributed by atoms with Gasteiger partial charge in [-0.1, -0.05) is 61.7 Å². The molecule has 3 aromatic carbocycles. The molecule has 4 rings (SSSR count). The van der Waals surface area contributed by atoms with Crippen LogP contribution in [0.1, 0.15) is 44.6 Å². The predicted octanol–water partition coefficient (Wildman–Crippen LogP) is 5.43. The Morgan fingerprint density at radius 2 is 1.56 bits per heavy atom. The molecule has 1 aliphatic rings. The van der Waals surface area contributed by atoms with E-state index in [9.17, 15) is 18.0 Å². The van der Waals surface area contributed by atoms with Gasteiger partial charge in [0.2, 0.25) is 11.8 Å². The number of ether oxygens (including phenoxy) is 3. The summed E-state index contributed by atoms with van der Waals surface area (Å²) in [5.74, 6) is -0.102. The highest BCUT2D eigenvalue weighted by molar-refractivity contribution is 7.92. The van der Waals surface area contributed by atoms with Crippen LogP contribution >= 0.6 is 11.6 Å². The number of methoxy groups -OCH3 is 3. The van der Waals surface area contributed by atoms with Crippen molar-refractivity contribution < 1.29 is 32.2 Å². The number of nitrogens with one attached hydrogen (secondary N) is 1. The van der Waals surface area contributed by atoms with Gasteiger partial charge in [-0.2, -0.15) is 0 Å². The lowest BCUT2D eigenvalue weighted by molar-refractivity contribution is -0.140. The third kappa shape index (κ3) is 8.01. The third-order valence-electron chi connectivity index (χ3n) is 7.91. The van der Waals surface area contributed by atoms with Crippen LogP contribution in [0.3, 0.4) is 0 Å². The zero-order valence-corrected chi connectivity index (χ0v) is 27.6. The second-order valence-corrected chi connectivity index (χ2v) is 13.1. The van der Waals surface area contributed by atoms with Gasteiger partial charge in [0, 0.05) is 23.7 Å². The van der Waals surface area contributed by atoms with Crippen LogP contribution in [0.25, 0.3) is 0 Å². The van der Waals surface area contributed by atoms with Crippen molar-refractivity contribution in [1.29, 1.82) is 0 Å². The van der Waals surface area contributed by atoms with E-state index in [-0.39, 0.29) is 45.6 Å². The van der Waals surface area contributed by atoms with E-state index in [1.807, 2.05) is 37.3 Å². The molecule has 1 aliphatic carbocycles. The first kappa shape index (κ1) is 33.9. The third-order valence-corrected chi connectivity index (χ3v) is 9.91. The Hall–Kier alpha value is -3.96. The van der Waals surface area contributed by atoms with E-state index < -0.39 is 28.5 Å². The Kier molecular flexibility index (Phi) is 11.6. The van der Waals surface area contributed by atoms with E-state index in [1.165, 1.54) is 56.6 Å². The maximum atomic E-state index is 14.4. The minimum absolute atomic E-state index is 0.0536. The molecule has 0 aliphatic heterocycles. The number of carbonyl (C=O) groups is 2. The largest absolute Gasteiger partial charge is 0.495 e. The van der Waals surface area contributed by atoms with Crippen molar-refractivity contribution in [1.82, 2.24) is 10.2 Å². The Balaban J connectivity index is 1.79. The summed E-state index contributed by atoms with van der Waals surface area (Å²) in [6, 6.07) is 17.2. The molecule has 1 fully saturated rings. The molecule has 10 nitrogen and oxygen atoms in total. The highest BCUT2D eigenvalue weighted by Gasteiger charge is 2.36. The SMILES string of the molecule is CC[C@@H](C(=O)NC1CCCC1)N(Cc1ccccc1)C(=O)CN(c1cc(Cl)ccc1OC)S(=O)(=O)c1ccc(OC)c(OC)c1. The van der Waals surface area contributed by atoms with Crippen molar-refractivity contribution in [2.45, 2.75) is 62.6 Å². The molecule has 3 aromatic rings. The van der Waals surface area contributed by atoms with Gasteiger partial charge in [0.15, 0.2) is 11.5 Å². The molecule has 1 saturated carbocycles. The van der Waals surface area contributed by atoms with Gasteiger partial charge in [-0.3, -0.25) is 13.9 Å². The van der Waals surface area contributed by atoms with Gasteiger partial charge < -0.3 is 24.4 Å². The zero-order valence-electron chi connectivity index (χ0n) is 26.0. The minimum atomic E-state index is -4.42. The lowest BCUT2D eigenvalue weighted by atomic mass is 10.1. The monoisotopic (exact) mass is 657 g/mol. The number of hydrogen-bond acceptors (Lipinski definition) is 7. The summed E-state index contributed by atoms with van der Waals surface area (Å²) in [4.78, 5) is 29.3. The molecule has 242 valence electrons. The fourth-order valence-electron chi connectivity index (χ4n) is 5.54. The summed E-state index contributed by atoms with van der Waals surface area (Å²) < 4.78 is 45.9. The van der Waals surface area contributed by atoms with Crippen LogP contribution in [-0.4, -0.2) is 65.1 Å². The molecule has 0 aromatic heterocycles. The molecule has 12 heteroatoms. The van der Waals surface area contributed by atoms with E-state index in [2.05, 4.69) is 5.32 Å². The number of carbonyl (C=O) groups excluding carboxylic acids is 2. The average molecular weight is 658 g/mol. The number of sulfonamides is 1. The molecular formula is C33H40ClN3O7S. The van der Waals surface area contributed by atoms with Crippen LogP contribution in [0, 0.1) is 0 Å².